The number of hydrogen-bond donors (Lipinski definition) is 2. The van der Waals surface area contributed by atoms with Crippen LogP contribution in [0.1, 0.15) is 22.5 Å². The van der Waals surface area contributed by atoms with Crippen LogP contribution >= 0.6 is 0 Å². The molecule has 11 heteroatoms. The summed E-state index contributed by atoms with van der Waals surface area (Å²) >= 11 is 0. The van der Waals surface area contributed by atoms with Crippen molar-refractivity contribution in [1.29, 1.82) is 0 Å². The first kappa shape index (κ1) is 21.7. The summed E-state index contributed by atoms with van der Waals surface area (Å²) in [6.45, 7) is 2.88. The van der Waals surface area contributed by atoms with Gasteiger partial charge in [-0.1, -0.05) is 0 Å². The fraction of sp³-hybridized carbons (Fsp3) is 0.238. The van der Waals surface area contributed by atoms with Crippen molar-refractivity contribution >= 4 is 27.6 Å². The SMILES string of the molecule is Cc1ccnc(NS(=O)(=O)c2ccc(NC(=O)c3ccnc(OC4CCOC4)c3)cc2)n1. The lowest BCUT2D eigenvalue weighted by atomic mass is 10.2. The largest absolute Gasteiger partial charge is 0.472 e. The zero-order chi connectivity index (χ0) is 22.6. The molecule has 0 radical (unpaired) electrons. The molecular formula is C21H21N5O5S. The van der Waals surface area contributed by atoms with E-state index in [4.69, 9.17) is 9.47 Å². The van der Waals surface area contributed by atoms with Crippen LogP contribution in [-0.4, -0.2) is 48.6 Å². The summed E-state index contributed by atoms with van der Waals surface area (Å²) in [5.74, 6) is -0.0388. The Labute approximate surface area is 185 Å². The molecule has 0 saturated carbocycles. The Morgan fingerprint density at radius 2 is 1.91 bits per heavy atom. The van der Waals surface area contributed by atoms with E-state index in [9.17, 15) is 13.2 Å². The summed E-state index contributed by atoms with van der Waals surface area (Å²) in [5.41, 5.74) is 1.44. The van der Waals surface area contributed by atoms with Crippen molar-refractivity contribution in [2.75, 3.05) is 23.3 Å². The van der Waals surface area contributed by atoms with Crippen LogP contribution < -0.4 is 14.8 Å². The molecule has 32 heavy (non-hydrogen) atoms. The Morgan fingerprint density at radius 3 is 2.62 bits per heavy atom. The number of ether oxygens (including phenoxy) is 2. The number of carbonyl (C=O) groups is 1. The lowest BCUT2D eigenvalue weighted by molar-refractivity contribution is 0.102. The van der Waals surface area contributed by atoms with Crippen LogP contribution in [-0.2, 0) is 14.8 Å². The van der Waals surface area contributed by atoms with Crippen molar-refractivity contribution in [3.05, 3.63) is 66.1 Å². The van der Waals surface area contributed by atoms with E-state index < -0.39 is 10.0 Å². The lowest BCUT2D eigenvalue weighted by Gasteiger charge is -2.12. The van der Waals surface area contributed by atoms with E-state index >= 15 is 0 Å². The molecule has 1 aliphatic heterocycles. The number of aryl methyl sites for hydroxylation is 1. The minimum Gasteiger partial charge on any atom is -0.472 e. The van der Waals surface area contributed by atoms with Gasteiger partial charge in [0.2, 0.25) is 11.8 Å². The zero-order valence-corrected chi connectivity index (χ0v) is 18.0. The molecule has 166 valence electrons. The van der Waals surface area contributed by atoms with Crippen molar-refractivity contribution < 1.29 is 22.7 Å². The first-order valence-electron chi connectivity index (χ1n) is 9.83. The number of amides is 1. The summed E-state index contributed by atoms with van der Waals surface area (Å²) < 4.78 is 38.4. The molecular weight excluding hydrogens is 434 g/mol. The number of nitrogens with one attached hydrogen (secondary N) is 2. The first-order valence-corrected chi connectivity index (χ1v) is 11.3. The lowest BCUT2D eigenvalue weighted by Crippen LogP contribution is -2.17. The van der Waals surface area contributed by atoms with Crippen molar-refractivity contribution in [2.24, 2.45) is 0 Å². The van der Waals surface area contributed by atoms with Crippen molar-refractivity contribution in [1.82, 2.24) is 15.0 Å². The maximum atomic E-state index is 12.6. The molecule has 1 amide bonds. The standard InChI is InChI=1S/C21H21N5O5S/c1-14-6-9-23-21(24-14)26-32(28,29)18-4-2-16(3-5-18)25-20(27)15-7-10-22-19(12-15)31-17-8-11-30-13-17/h2-7,9-10,12,17H,8,11,13H2,1H3,(H,25,27)(H,23,24,26). The van der Waals surface area contributed by atoms with Gasteiger partial charge in [0.15, 0.2) is 0 Å². The van der Waals surface area contributed by atoms with Gasteiger partial charge in [0.25, 0.3) is 15.9 Å². The molecule has 2 N–H and O–H groups in total. The number of rotatable bonds is 7. The number of nitrogens with zero attached hydrogens (tertiary/aromatic N) is 3. The van der Waals surface area contributed by atoms with E-state index in [-0.39, 0.29) is 22.9 Å². The van der Waals surface area contributed by atoms with Crippen LogP contribution in [0.3, 0.4) is 0 Å². The Bertz CT molecular complexity index is 1210. The number of carbonyl (C=O) groups excluding carboxylic acids is 1. The van der Waals surface area contributed by atoms with Gasteiger partial charge in [0, 0.05) is 41.8 Å². The fourth-order valence-electron chi connectivity index (χ4n) is 2.99. The quantitative estimate of drug-likeness (QED) is 0.555. The van der Waals surface area contributed by atoms with Gasteiger partial charge in [0.05, 0.1) is 18.1 Å². The Kier molecular flexibility index (Phi) is 6.28. The van der Waals surface area contributed by atoms with Gasteiger partial charge in [0.1, 0.15) is 6.10 Å². The van der Waals surface area contributed by atoms with Gasteiger partial charge >= 0.3 is 0 Å². The highest BCUT2D eigenvalue weighted by molar-refractivity contribution is 7.92. The first-order chi connectivity index (χ1) is 15.4. The molecule has 3 heterocycles. The summed E-state index contributed by atoms with van der Waals surface area (Å²) in [5, 5.41) is 2.73. The minimum absolute atomic E-state index is 0.0118. The van der Waals surface area contributed by atoms with Crippen LogP contribution in [0.15, 0.2) is 59.8 Å². The van der Waals surface area contributed by atoms with Crippen LogP contribution in [0.2, 0.25) is 0 Å². The smallest absolute Gasteiger partial charge is 0.264 e. The highest BCUT2D eigenvalue weighted by atomic mass is 32.2. The number of aromatic nitrogens is 3. The Balaban J connectivity index is 1.41. The topological polar surface area (TPSA) is 132 Å². The van der Waals surface area contributed by atoms with Crippen LogP contribution in [0, 0.1) is 6.92 Å². The molecule has 3 aromatic rings. The monoisotopic (exact) mass is 455 g/mol. The normalized spacial score (nSPS) is 15.8. The van der Waals surface area contributed by atoms with Crippen molar-refractivity contribution in [2.45, 2.75) is 24.3 Å². The van der Waals surface area contributed by atoms with E-state index in [0.717, 1.165) is 6.42 Å². The van der Waals surface area contributed by atoms with Crippen LogP contribution in [0.25, 0.3) is 0 Å². The van der Waals surface area contributed by atoms with E-state index in [2.05, 4.69) is 25.0 Å². The van der Waals surface area contributed by atoms with Crippen LogP contribution in [0.4, 0.5) is 11.6 Å². The third kappa shape index (κ3) is 5.37. The van der Waals surface area contributed by atoms with Gasteiger partial charge in [-0.3, -0.25) is 4.79 Å². The van der Waals surface area contributed by atoms with Crippen molar-refractivity contribution in [3.63, 3.8) is 0 Å². The van der Waals surface area contributed by atoms with Crippen molar-refractivity contribution in [3.8, 4) is 5.88 Å². The number of benzene rings is 1. The Hall–Kier alpha value is -3.57. The molecule has 1 unspecified atom stereocenters. The van der Waals surface area contributed by atoms with E-state index in [1.54, 1.807) is 25.1 Å². The second-order valence-electron chi connectivity index (χ2n) is 7.09. The minimum atomic E-state index is -3.87. The summed E-state index contributed by atoms with van der Waals surface area (Å²) in [6.07, 6.45) is 3.66. The second kappa shape index (κ2) is 9.28. The van der Waals surface area contributed by atoms with Gasteiger partial charge in [-0.25, -0.2) is 28.1 Å². The van der Waals surface area contributed by atoms with Gasteiger partial charge in [-0.15, -0.1) is 0 Å². The molecule has 0 bridgehead atoms. The molecule has 1 fully saturated rings. The molecule has 1 saturated heterocycles. The molecule has 10 nitrogen and oxygen atoms in total. The highest BCUT2D eigenvalue weighted by Gasteiger charge is 2.19. The van der Waals surface area contributed by atoms with Gasteiger partial charge in [-0.2, -0.15) is 0 Å². The second-order valence-corrected chi connectivity index (χ2v) is 8.77. The number of sulfonamides is 1. The molecule has 2 aromatic heterocycles. The molecule has 0 spiro atoms. The number of hydrogen-bond acceptors (Lipinski definition) is 8. The van der Waals surface area contributed by atoms with Gasteiger partial charge in [-0.05, 0) is 43.3 Å². The fourth-order valence-corrected chi connectivity index (χ4v) is 3.94. The summed E-state index contributed by atoms with van der Waals surface area (Å²) in [7, 11) is -3.87. The zero-order valence-electron chi connectivity index (χ0n) is 17.2. The molecule has 4 rings (SSSR count). The van der Waals surface area contributed by atoms with E-state index in [1.165, 1.54) is 36.7 Å². The summed E-state index contributed by atoms with van der Waals surface area (Å²) in [6, 6.07) is 10.5. The molecule has 0 aliphatic carbocycles. The van der Waals surface area contributed by atoms with Gasteiger partial charge < -0.3 is 14.8 Å². The third-order valence-corrected chi connectivity index (χ3v) is 5.96. The summed E-state index contributed by atoms with van der Waals surface area (Å²) in [4.78, 5) is 24.7. The molecule has 1 aliphatic rings. The number of pyridine rings is 1. The maximum Gasteiger partial charge on any atom is 0.264 e. The highest BCUT2D eigenvalue weighted by Crippen LogP contribution is 2.19. The van der Waals surface area contributed by atoms with E-state index in [0.29, 0.717) is 36.0 Å². The molecule has 1 atom stereocenters. The predicted molar refractivity (Wildman–Crippen MR) is 116 cm³/mol. The average Bonchev–Trinajstić information content (AvgIpc) is 3.27. The predicted octanol–water partition coefficient (Wildman–Crippen LogP) is 2.40. The number of anilines is 2. The molecule has 1 aromatic carbocycles. The third-order valence-electron chi connectivity index (χ3n) is 4.62. The average molecular weight is 455 g/mol. The van der Waals surface area contributed by atoms with E-state index in [1.807, 2.05) is 0 Å². The Morgan fingerprint density at radius 1 is 1.12 bits per heavy atom. The van der Waals surface area contributed by atoms with Crippen LogP contribution in [0.5, 0.6) is 5.88 Å². The maximum absolute atomic E-state index is 12.6.